The van der Waals surface area contributed by atoms with Crippen molar-refractivity contribution in [2.24, 2.45) is 5.41 Å². The maximum atomic E-state index is 12.4. The van der Waals surface area contributed by atoms with Crippen molar-refractivity contribution in [3.05, 3.63) is 17.0 Å². The molecular formula is C15H25ClN4O2. The van der Waals surface area contributed by atoms with Gasteiger partial charge in [0.1, 0.15) is 0 Å². The van der Waals surface area contributed by atoms with Crippen molar-refractivity contribution in [1.82, 2.24) is 20.8 Å². The number of aliphatic hydroxyl groups excluding tert-OH is 1. The van der Waals surface area contributed by atoms with Crippen molar-refractivity contribution in [2.75, 3.05) is 13.1 Å². The molecule has 2 atom stereocenters. The fourth-order valence-electron chi connectivity index (χ4n) is 3.37. The molecule has 1 aromatic rings. The first kappa shape index (κ1) is 17.2. The van der Waals surface area contributed by atoms with Crippen LogP contribution in [-0.4, -0.2) is 40.4 Å². The highest BCUT2D eigenvalue weighted by molar-refractivity contribution is 5.94. The minimum absolute atomic E-state index is 0. The molecule has 1 aromatic heterocycles. The zero-order valence-corrected chi connectivity index (χ0v) is 13.8. The van der Waals surface area contributed by atoms with Gasteiger partial charge in [-0.25, -0.2) is 0 Å². The maximum absolute atomic E-state index is 12.4. The van der Waals surface area contributed by atoms with E-state index in [1.807, 2.05) is 0 Å². The Morgan fingerprint density at radius 2 is 2.32 bits per heavy atom. The first-order valence-electron chi connectivity index (χ1n) is 7.83. The molecule has 0 spiro atoms. The molecule has 7 heteroatoms. The number of fused-ring (bicyclic) bond motifs is 1. The van der Waals surface area contributed by atoms with Gasteiger partial charge in [0, 0.05) is 42.7 Å². The van der Waals surface area contributed by atoms with E-state index in [9.17, 15) is 9.90 Å². The smallest absolute Gasteiger partial charge is 0.272 e. The molecule has 3 rings (SSSR count). The number of nitrogens with one attached hydrogen (secondary N) is 3. The third-order valence-corrected chi connectivity index (χ3v) is 4.95. The highest BCUT2D eigenvalue weighted by Gasteiger charge is 2.36. The Bertz CT molecular complexity index is 534. The first-order chi connectivity index (χ1) is 10.1. The normalized spacial score (nSPS) is 27.6. The van der Waals surface area contributed by atoms with Crippen molar-refractivity contribution < 1.29 is 9.90 Å². The summed E-state index contributed by atoms with van der Waals surface area (Å²) in [5.41, 5.74) is 2.31. The molecule has 6 nitrogen and oxygen atoms in total. The number of halogens is 1. The number of aliphatic hydroxyl groups is 1. The minimum Gasteiger partial charge on any atom is -0.392 e. The Morgan fingerprint density at radius 3 is 3.09 bits per heavy atom. The molecule has 4 N–H and O–H groups in total. The molecule has 0 saturated heterocycles. The summed E-state index contributed by atoms with van der Waals surface area (Å²) >= 11 is 0. The van der Waals surface area contributed by atoms with Gasteiger partial charge >= 0.3 is 0 Å². The van der Waals surface area contributed by atoms with E-state index in [2.05, 4.69) is 27.8 Å². The number of hydrogen-bond acceptors (Lipinski definition) is 4. The van der Waals surface area contributed by atoms with E-state index in [1.54, 1.807) is 0 Å². The Morgan fingerprint density at radius 1 is 1.50 bits per heavy atom. The van der Waals surface area contributed by atoms with Crippen LogP contribution in [0.4, 0.5) is 0 Å². The third kappa shape index (κ3) is 3.29. The fourth-order valence-corrected chi connectivity index (χ4v) is 3.37. The summed E-state index contributed by atoms with van der Waals surface area (Å²) in [6.07, 6.45) is 4.52. The Labute approximate surface area is 136 Å². The van der Waals surface area contributed by atoms with Gasteiger partial charge in [0.25, 0.3) is 5.91 Å². The summed E-state index contributed by atoms with van der Waals surface area (Å²) in [5, 5.41) is 23.5. The lowest BCUT2D eigenvalue weighted by Gasteiger charge is -2.38. The van der Waals surface area contributed by atoms with Crippen molar-refractivity contribution in [3.8, 4) is 0 Å². The van der Waals surface area contributed by atoms with Gasteiger partial charge in [-0.15, -0.1) is 12.4 Å². The molecule has 0 radical (unpaired) electrons. The van der Waals surface area contributed by atoms with Crippen LogP contribution < -0.4 is 10.6 Å². The zero-order valence-electron chi connectivity index (χ0n) is 12.9. The molecule has 22 heavy (non-hydrogen) atoms. The van der Waals surface area contributed by atoms with Crippen molar-refractivity contribution in [2.45, 2.75) is 51.7 Å². The lowest BCUT2D eigenvalue weighted by atomic mass is 9.73. The largest absolute Gasteiger partial charge is 0.392 e. The van der Waals surface area contributed by atoms with E-state index in [1.165, 1.54) is 0 Å². The quantitative estimate of drug-likeness (QED) is 0.670. The third-order valence-electron chi connectivity index (χ3n) is 4.95. The summed E-state index contributed by atoms with van der Waals surface area (Å²) in [4.78, 5) is 12.4. The van der Waals surface area contributed by atoms with Crippen LogP contribution in [0.25, 0.3) is 0 Å². The summed E-state index contributed by atoms with van der Waals surface area (Å²) in [7, 11) is 0. The van der Waals surface area contributed by atoms with Crippen LogP contribution in [0, 0.1) is 5.41 Å². The highest BCUT2D eigenvalue weighted by Crippen LogP contribution is 2.35. The fraction of sp³-hybridized carbons (Fsp3) is 0.733. The van der Waals surface area contributed by atoms with Crippen LogP contribution in [0.3, 0.4) is 0 Å². The number of carbonyl (C=O) groups excluding carboxylic acids is 1. The van der Waals surface area contributed by atoms with Gasteiger partial charge in [-0.2, -0.15) is 5.10 Å². The lowest BCUT2D eigenvalue weighted by molar-refractivity contribution is 0.00186. The molecule has 2 heterocycles. The van der Waals surface area contributed by atoms with Crippen LogP contribution in [0.1, 0.15) is 54.4 Å². The molecule has 1 aliphatic heterocycles. The lowest BCUT2D eigenvalue weighted by Crippen LogP contribution is -2.45. The van der Waals surface area contributed by atoms with E-state index in [0.717, 1.165) is 49.9 Å². The molecule has 0 aromatic carbocycles. The predicted molar refractivity (Wildman–Crippen MR) is 86.2 cm³/mol. The Hall–Kier alpha value is -1.11. The van der Waals surface area contributed by atoms with Gasteiger partial charge in [-0.1, -0.05) is 19.8 Å². The summed E-state index contributed by atoms with van der Waals surface area (Å²) < 4.78 is 0. The second kappa shape index (κ2) is 6.98. The number of H-pyrrole nitrogens is 1. The SMILES string of the molecule is CC1(CNC(=O)c2n[nH]c3c2CNCC3)CCCCC1O.Cl. The minimum atomic E-state index is -0.332. The van der Waals surface area contributed by atoms with Crippen LogP contribution in [0.2, 0.25) is 0 Å². The topological polar surface area (TPSA) is 90.0 Å². The molecule has 2 aliphatic rings. The number of hydrogen-bond donors (Lipinski definition) is 4. The zero-order chi connectivity index (χ0) is 14.9. The van der Waals surface area contributed by atoms with E-state index >= 15 is 0 Å². The molecule has 2 unspecified atom stereocenters. The number of carbonyl (C=O) groups is 1. The highest BCUT2D eigenvalue weighted by atomic mass is 35.5. The van der Waals surface area contributed by atoms with Crippen LogP contribution in [-0.2, 0) is 13.0 Å². The first-order valence-corrected chi connectivity index (χ1v) is 7.83. The molecule has 124 valence electrons. The number of amides is 1. The van der Waals surface area contributed by atoms with Crippen molar-refractivity contribution >= 4 is 18.3 Å². The van der Waals surface area contributed by atoms with Crippen molar-refractivity contribution in [1.29, 1.82) is 0 Å². The molecule has 1 amide bonds. The molecule has 1 aliphatic carbocycles. The second-order valence-electron chi connectivity index (χ2n) is 6.55. The van der Waals surface area contributed by atoms with E-state index in [-0.39, 0.29) is 29.8 Å². The van der Waals surface area contributed by atoms with Gasteiger partial charge in [0.05, 0.1) is 6.10 Å². The van der Waals surface area contributed by atoms with E-state index < -0.39 is 0 Å². The predicted octanol–water partition coefficient (Wildman–Crippen LogP) is 1.15. The number of aromatic amines is 1. The summed E-state index contributed by atoms with van der Waals surface area (Å²) in [6, 6.07) is 0. The molecule has 1 fully saturated rings. The van der Waals surface area contributed by atoms with E-state index in [0.29, 0.717) is 18.8 Å². The van der Waals surface area contributed by atoms with Crippen molar-refractivity contribution in [3.63, 3.8) is 0 Å². The average molecular weight is 329 g/mol. The van der Waals surface area contributed by atoms with Gasteiger partial charge in [-0.3, -0.25) is 9.89 Å². The summed E-state index contributed by atoms with van der Waals surface area (Å²) in [5.74, 6) is -0.143. The van der Waals surface area contributed by atoms with Gasteiger partial charge in [0.15, 0.2) is 5.69 Å². The Kier molecular flexibility index (Phi) is 5.47. The standard InChI is InChI=1S/C15H24N4O2.ClH/c1-15(6-3-2-4-12(15)20)9-17-14(21)13-10-8-16-7-5-11(10)18-19-13;/h12,16,20H,2-9H2,1H3,(H,17,21)(H,18,19);1H. The molecule has 1 saturated carbocycles. The maximum Gasteiger partial charge on any atom is 0.272 e. The number of aromatic nitrogens is 2. The number of nitrogens with zero attached hydrogens (tertiary/aromatic N) is 1. The van der Waals surface area contributed by atoms with Gasteiger partial charge in [-0.05, 0) is 12.8 Å². The Balaban J connectivity index is 0.00000176. The molecule has 0 bridgehead atoms. The van der Waals surface area contributed by atoms with Crippen LogP contribution in [0.5, 0.6) is 0 Å². The monoisotopic (exact) mass is 328 g/mol. The molecular weight excluding hydrogens is 304 g/mol. The van der Waals surface area contributed by atoms with Crippen LogP contribution in [0.15, 0.2) is 0 Å². The summed E-state index contributed by atoms with van der Waals surface area (Å²) in [6.45, 7) is 4.16. The average Bonchev–Trinajstić information content (AvgIpc) is 2.92. The number of rotatable bonds is 3. The van der Waals surface area contributed by atoms with Gasteiger partial charge < -0.3 is 15.7 Å². The second-order valence-corrected chi connectivity index (χ2v) is 6.55. The van der Waals surface area contributed by atoms with E-state index in [4.69, 9.17) is 0 Å². The van der Waals surface area contributed by atoms with Crippen LogP contribution >= 0.6 is 12.4 Å². The van der Waals surface area contributed by atoms with Gasteiger partial charge in [0.2, 0.25) is 0 Å².